The molecule has 88 heavy (non-hydrogen) atoms. The second kappa shape index (κ2) is 78.0. The smallest absolute Gasteiger partial charge is 0.305 e. The van der Waals surface area contributed by atoms with Gasteiger partial charge in [0.25, 0.3) is 0 Å². The van der Waals surface area contributed by atoms with Gasteiger partial charge in [0, 0.05) is 12.8 Å². The number of rotatable bonds is 78. The monoisotopic (exact) mass is 1240 g/mol. The van der Waals surface area contributed by atoms with E-state index in [1.807, 2.05) is 0 Å². The van der Waals surface area contributed by atoms with Crippen LogP contribution in [0.5, 0.6) is 0 Å². The van der Waals surface area contributed by atoms with Gasteiger partial charge in [-0.15, -0.1) is 0 Å². The molecule has 6 heteroatoms. The molecule has 3 N–H and O–H groups in total. The van der Waals surface area contributed by atoms with Crippen LogP contribution in [0, 0.1) is 0 Å². The first-order valence-corrected chi connectivity index (χ1v) is 40.9. The molecule has 0 aliphatic heterocycles. The van der Waals surface area contributed by atoms with Gasteiger partial charge in [0.05, 0.1) is 25.4 Å². The summed E-state index contributed by atoms with van der Waals surface area (Å²) in [5.74, 6) is -0.000358. The van der Waals surface area contributed by atoms with Crippen LogP contribution in [-0.4, -0.2) is 47.4 Å². The lowest BCUT2D eigenvalue weighted by Gasteiger charge is -2.22. The Bertz CT molecular complexity index is 1340. The topological polar surface area (TPSA) is 95.9 Å². The molecule has 0 saturated carbocycles. The van der Waals surface area contributed by atoms with Crippen LogP contribution in [0.15, 0.2) is 12.2 Å². The number of aliphatic hydroxyl groups excluding tert-OH is 2. The number of carbonyl (C=O) groups is 2. The maximum Gasteiger partial charge on any atom is 0.305 e. The Morgan fingerprint density at radius 1 is 0.307 bits per heavy atom. The molecule has 2 unspecified atom stereocenters. The molecule has 524 valence electrons. The van der Waals surface area contributed by atoms with Gasteiger partial charge in [0.1, 0.15) is 0 Å². The lowest BCUT2D eigenvalue weighted by atomic mass is 10.0. The molecule has 0 saturated heterocycles. The number of allylic oxidation sites excluding steroid dienone is 2. The summed E-state index contributed by atoms with van der Waals surface area (Å²) < 4.78 is 5.52. The van der Waals surface area contributed by atoms with Crippen molar-refractivity contribution < 1.29 is 24.5 Å². The first kappa shape index (κ1) is 86.6. The lowest BCUT2D eigenvalue weighted by molar-refractivity contribution is -0.143. The second-order valence-electron chi connectivity index (χ2n) is 28.5. The Morgan fingerprint density at radius 2 is 0.534 bits per heavy atom. The van der Waals surface area contributed by atoms with Crippen LogP contribution >= 0.6 is 0 Å². The van der Waals surface area contributed by atoms with Crippen molar-refractivity contribution in [3.63, 3.8) is 0 Å². The predicted molar refractivity (Wildman–Crippen MR) is 389 cm³/mol. The molecule has 2 atom stereocenters. The molecule has 6 nitrogen and oxygen atoms in total. The minimum absolute atomic E-state index is 0.0260. The van der Waals surface area contributed by atoms with Gasteiger partial charge in [-0.25, -0.2) is 0 Å². The molecule has 0 spiro atoms. The van der Waals surface area contributed by atoms with Crippen LogP contribution in [0.4, 0.5) is 0 Å². The fraction of sp³-hybridized carbons (Fsp3) is 0.951. The highest BCUT2D eigenvalue weighted by Gasteiger charge is 2.20. The summed E-state index contributed by atoms with van der Waals surface area (Å²) in [6.45, 7) is 5.02. The van der Waals surface area contributed by atoms with Gasteiger partial charge in [-0.1, -0.05) is 424 Å². The average Bonchev–Trinajstić information content (AvgIpc) is 3.58. The van der Waals surface area contributed by atoms with Crippen molar-refractivity contribution >= 4 is 11.9 Å². The molecule has 1 amide bonds. The average molecular weight is 1240 g/mol. The minimum Gasteiger partial charge on any atom is -0.466 e. The van der Waals surface area contributed by atoms with Crippen LogP contribution in [0.1, 0.15) is 476 Å². The Hall–Kier alpha value is -1.40. The van der Waals surface area contributed by atoms with Crippen molar-refractivity contribution in [1.29, 1.82) is 0 Å². The maximum absolute atomic E-state index is 12.5. The number of nitrogens with one attached hydrogen (secondary N) is 1. The van der Waals surface area contributed by atoms with E-state index in [1.165, 1.54) is 405 Å². The Labute approximate surface area is 552 Å². The van der Waals surface area contributed by atoms with Crippen LogP contribution < -0.4 is 5.32 Å². The first-order chi connectivity index (χ1) is 43.5. The van der Waals surface area contributed by atoms with Gasteiger partial charge in [-0.2, -0.15) is 0 Å². The van der Waals surface area contributed by atoms with E-state index in [0.717, 1.165) is 38.5 Å². The molecule has 0 radical (unpaired) electrons. The summed E-state index contributed by atoms with van der Waals surface area (Å²) in [5, 5.41) is 23.4. The van der Waals surface area contributed by atoms with Gasteiger partial charge in [-0.05, 0) is 51.4 Å². The standard InChI is InChI=1S/C82H161NO5/c1-3-5-7-9-11-13-15-17-19-21-42-46-50-54-58-62-66-70-74-80(85)79(78-84)83-81(86)75-71-67-63-59-55-51-47-43-40-38-36-34-32-30-28-26-24-23-25-27-29-31-33-35-37-39-41-45-49-53-57-61-65-69-73-77-88-82(87)76-72-68-64-60-56-52-48-44-22-20-18-16-14-12-10-8-6-4-2/h25,27,79-80,84-85H,3-24,26,28-78H2,1-2H3,(H,83,86)/b27-25-. The third-order valence-electron chi connectivity index (χ3n) is 19.6. The third kappa shape index (κ3) is 73.6. The van der Waals surface area contributed by atoms with Crippen molar-refractivity contribution in [2.24, 2.45) is 0 Å². The van der Waals surface area contributed by atoms with Gasteiger partial charge >= 0.3 is 5.97 Å². The molecule has 0 aromatic rings. The van der Waals surface area contributed by atoms with E-state index in [1.54, 1.807) is 0 Å². The number of carbonyl (C=O) groups excluding carboxylic acids is 2. The van der Waals surface area contributed by atoms with E-state index in [4.69, 9.17) is 4.74 Å². The lowest BCUT2D eigenvalue weighted by Crippen LogP contribution is -2.45. The van der Waals surface area contributed by atoms with Crippen molar-refractivity contribution in [3.8, 4) is 0 Å². The number of amides is 1. The van der Waals surface area contributed by atoms with Crippen molar-refractivity contribution in [3.05, 3.63) is 12.2 Å². The summed E-state index contributed by atoms with van der Waals surface area (Å²) in [5.41, 5.74) is 0. The number of hydrogen-bond acceptors (Lipinski definition) is 5. The molecular weight excluding hydrogens is 1080 g/mol. The van der Waals surface area contributed by atoms with Crippen LogP contribution in [0.3, 0.4) is 0 Å². The van der Waals surface area contributed by atoms with Gasteiger partial charge in [0.2, 0.25) is 5.91 Å². The Balaban J connectivity index is 3.32. The molecule has 0 heterocycles. The van der Waals surface area contributed by atoms with Gasteiger partial charge < -0.3 is 20.3 Å². The SMILES string of the molecule is CCCCCCCCCCCCCCCCCCCCC(=O)OCCCCCCCCCCCCCCCC/C=C\CCCCCCCCCCCCCCCCCCCC(=O)NC(CO)C(O)CCCCCCCCCCCCCCCCCCCC. The quantitative estimate of drug-likeness (QED) is 0.0320. The van der Waals surface area contributed by atoms with E-state index in [-0.39, 0.29) is 18.5 Å². The zero-order chi connectivity index (χ0) is 63.5. The maximum atomic E-state index is 12.5. The molecule has 0 aromatic carbocycles. The number of esters is 1. The summed E-state index contributed by atoms with van der Waals surface area (Å²) in [6, 6.07) is -0.539. The highest BCUT2D eigenvalue weighted by atomic mass is 16.5. The molecule has 0 aliphatic rings. The second-order valence-corrected chi connectivity index (χ2v) is 28.5. The van der Waals surface area contributed by atoms with E-state index in [2.05, 4.69) is 31.3 Å². The van der Waals surface area contributed by atoms with E-state index < -0.39 is 12.1 Å². The molecule has 0 aromatic heterocycles. The molecule has 0 aliphatic carbocycles. The number of aliphatic hydroxyl groups is 2. The van der Waals surface area contributed by atoms with Crippen LogP contribution in [0.2, 0.25) is 0 Å². The predicted octanol–water partition coefficient (Wildman–Crippen LogP) is 27.1. The number of ether oxygens (including phenoxy) is 1. The van der Waals surface area contributed by atoms with Crippen molar-refractivity contribution in [2.75, 3.05) is 13.2 Å². The van der Waals surface area contributed by atoms with E-state index in [0.29, 0.717) is 25.9 Å². The number of hydrogen-bond donors (Lipinski definition) is 3. The molecule has 0 bridgehead atoms. The zero-order valence-corrected chi connectivity index (χ0v) is 60.3. The van der Waals surface area contributed by atoms with E-state index >= 15 is 0 Å². The largest absolute Gasteiger partial charge is 0.466 e. The fourth-order valence-electron chi connectivity index (χ4n) is 13.3. The van der Waals surface area contributed by atoms with Gasteiger partial charge in [0.15, 0.2) is 0 Å². The van der Waals surface area contributed by atoms with Crippen molar-refractivity contribution in [1.82, 2.24) is 5.32 Å². The molecule has 0 rings (SSSR count). The Kier molecular flexibility index (Phi) is 76.8. The fourth-order valence-corrected chi connectivity index (χ4v) is 13.3. The normalized spacial score (nSPS) is 12.5. The summed E-state index contributed by atoms with van der Waals surface area (Å²) in [7, 11) is 0. The van der Waals surface area contributed by atoms with Crippen LogP contribution in [-0.2, 0) is 14.3 Å². The number of unbranched alkanes of at least 4 members (excludes halogenated alkanes) is 65. The van der Waals surface area contributed by atoms with Crippen LogP contribution in [0.25, 0.3) is 0 Å². The first-order valence-electron chi connectivity index (χ1n) is 40.9. The summed E-state index contributed by atoms with van der Waals surface area (Å²) >= 11 is 0. The minimum atomic E-state index is -0.662. The third-order valence-corrected chi connectivity index (χ3v) is 19.6. The summed E-state index contributed by atoms with van der Waals surface area (Å²) in [4.78, 5) is 24.7. The zero-order valence-electron chi connectivity index (χ0n) is 60.3. The molecule has 0 fully saturated rings. The Morgan fingerprint density at radius 3 is 0.807 bits per heavy atom. The van der Waals surface area contributed by atoms with Crippen molar-refractivity contribution in [2.45, 2.75) is 488 Å². The highest BCUT2D eigenvalue weighted by Crippen LogP contribution is 2.21. The summed E-state index contributed by atoms with van der Waals surface area (Å²) in [6.07, 6.45) is 98.9. The van der Waals surface area contributed by atoms with E-state index in [9.17, 15) is 19.8 Å². The highest BCUT2D eigenvalue weighted by molar-refractivity contribution is 5.76. The van der Waals surface area contributed by atoms with Gasteiger partial charge in [-0.3, -0.25) is 9.59 Å². The molecular formula is C82H161NO5.